The minimum absolute atomic E-state index is 0.204. The maximum Gasteiger partial charge on any atom is 0.308 e. The van der Waals surface area contributed by atoms with Crippen LogP contribution in [0.3, 0.4) is 0 Å². The number of carbonyl (C=O) groups excluding carboxylic acids is 1. The normalized spacial score (nSPS) is 18.4. The Morgan fingerprint density at radius 2 is 1.95 bits per heavy atom. The van der Waals surface area contributed by atoms with E-state index in [0.717, 1.165) is 0 Å². The van der Waals surface area contributed by atoms with Crippen LogP contribution in [0.1, 0.15) is 23.2 Å². The Hall–Kier alpha value is -1.46. The largest absolute Gasteiger partial charge is 0.494 e. The van der Waals surface area contributed by atoms with Crippen LogP contribution >= 0.6 is 23.2 Å². The molecule has 1 aliphatic heterocycles. The molecule has 5 nitrogen and oxygen atoms in total. The summed E-state index contributed by atoms with van der Waals surface area (Å²) in [7, 11) is 1.44. The van der Waals surface area contributed by atoms with Gasteiger partial charge in [-0.25, -0.2) is 0 Å². The maximum atomic E-state index is 12.4. The number of ether oxygens (including phenoxy) is 1. The smallest absolute Gasteiger partial charge is 0.308 e. The van der Waals surface area contributed by atoms with E-state index in [-0.39, 0.29) is 22.5 Å². The highest BCUT2D eigenvalue weighted by Crippen LogP contribution is 2.34. The first-order valence-electron chi connectivity index (χ1n) is 6.49. The summed E-state index contributed by atoms with van der Waals surface area (Å²) in [6.45, 7) is 0.735. The topological polar surface area (TPSA) is 66.8 Å². The van der Waals surface area contributed by atoms with E-state index in [1.807, 2.05) is 0 Å². The summed E-state index contributed by atoms with van der Waals surface area (Å²) in [5.41, 5.74) is 0.330. The van der Waals surface area contributed by atoms with Crippen LogP contribution in [0.15, 0.2) is 12.1 Å². The van der Waals surface area contributed by atoms with Crippen molar-refractivity contribution >= 4 is 35.1 Å². The number of aliphatic carboxylic acids is 1. The fourth-order valence-electron chi connectivity index (χ4n) is 2.42. The molecule has 1 heterocycles. The third kappa shape index (κ3) is 3.41. The van der Waals surface area contributed by atoms with Gasteiger partial charge in [0.05, 0.1) is 23.1 Å². The molecule has 114 valence electrons. The first-order valence-corrected chi connectivity index (χ1v) is 7.24. The number of hydrogen-bond donors (Lipinski definition) is 1. The fourth-order valence-corrected chi connectivity index (χ4v) is 3.07. The Labute approximate surface area is 132 Å². The second-order valence-electron chi connectivity index (χ2n) is 4.90. The van der Waals surface area contributed by atoms with Crippen LogP contribution in [-0.2, 0) is 4.79 Å². The van der Waals surface area contributed by atoms with Crippen LogP contribution < -0.4 is 4.74 Å². The van der Waals surface area contributed by atoms with Crippen LogP contribution in [0.5, 0.6) is 5.75 Å². The predicted octanol–water partition coefficient (Wildman–Crippen LogP) is 2.94. The number of halogens is 2. The molecule has 0 spiro atoms. The van der Waals surface area contributed by atoms with E-state index < -0.39 is 11.9 Å². The number of carboxylic acids is 1. The third-order valence-electron chi connectivity index (χ3n) is 3.51. The van der Waals surface area contributed by atoms with Crippen molar-refractivity contribution in [2.45, 2.75) is 12.8 Å². The molecular formula is C14H15Cl2NO4. The quantitative estimate of drug-likeness (QED) is 0.924. The van der Waals surface area contributed by atoms with Gasteiger partial charge >= 0.3 is 5.97 Å². The molecule has 0 aliphatic carbocycles. The summed E-state index contributed by atoms with van der Waals surface area (Å²) in [6, 6.07) is 2.97. The summed E-state index contributed by atoms with van der Waals surface area (Å²) in [5, 5.41) is 9.57. The highest BCUT2D eigenvalue weighted by Gasteiger charge is 2.29. The molecule has 7 heteroatoms. The lowest BCUT2D eigenvalue weighted by Gasteiger charge is -2.30. The molecule has 1 N–H and O–H groups in total. The zero-order chi connectivity index (χ0) is 15.6. The number of amides is 1. The van der Waals surface area contributed by atoms with E-state index in [9.17, 15) is 9.59 Å². The molecule has 0 saturated carbocycles. The van der Waals surface area contributed by atoms with Gasteiger partial charge in [0.25, 0.3) is 5.91 Å². The van der Waals surface area contributed by atoms with Crippen molar-refractivity contribution in [3.05, 3.63) is 27.7 Å². The molecule has 21 heavy (non-hydrogen) atoms. The van der Waals surface area contributed by atoms with Gasteiger partial charge in [-0.1, -0.05) is 23.2 Å². The number of benzene rings is 1. The van der Waals surface area contributed by atoms with Crippen LogP contribution in [-0.4, -0.2) is 42.1 Å². The molecule has 2 rings (SSSR count). The zero-order valence-corrected chi connectivity index (χ0v) is 12.9. The van der Waals surface area contributed by atoms with E-state index in [1.165, 1.54) is 24.1 Å². The molecule has 1 saturated heterocycles. The Balaban J connectivity index is 2.22. The van der Waals surface area contributed by atoms with E-state index in [4.69, 9.17) is 33.0 Å². The Morgan fingerprint density at radius 1 is 1.33 bits per heavy atom. The third-order valence-corrected chi connectivity index (χ3v) is 4.07. The molecule has 1 aliphatic rings. The molecule has 1 aromatic rings. The van der Waals surface area contributed by atoms with Gasteiger partial charge in [0.2, 0.25) is 0 Å². The van der Waals surface area contributed by atoms with Gasteiger partial charge < -0.3 is 14.7 Å². The van der Waals surface area contributed by atoms with Gasteiger partial charge in [0.15, 0.2) is 5.75 Å². The molecule has 1 atom stereocenters. The number of methoxy groups -OCH3 is 1. The number of nitrogens with zero attached hydrogens (tertiary/aromatic N) is 1. The average Bonchev–Trinajstić information content (AvgIpc) is 2.46. The predicted molar refractivity (Wildman–Crippen MR) is 79.3 cm³/mol. The standard InChI is InChI=1S/C14H15Cl2NO4/c1-21-12-10(15)5-9(6-11(12)16)13(18)17-4-2-3-8(7-17)14(19)20/h5-6,8H,2-4,7H2,1H3,(H,19,20)/t8-/m0/s1. The summed E-state index contributed by atoms with van der Waals surface area (Å²) in [5.74, 6) is -1.35. The Kier molecular flexibility index (Phi) is 4.96. The first kappa shape index (κ1) is 15.9. The van der Waals surface area contributed by atoms with Crippen LogP contribution in [0.4, 0.5) is 0 Å². The summed E-state index contributed by atoms with van der Waals surface area (Å²) in [4.78, 5) is 25.0. The minimum Gasteiger partial charge on any atom is -0.494 e. The highest BCUT2D eigenvalue weighted by molar-refractivity contribution is 6.37. The lowest BCUT2D eigenvalue weighted by molar-refractivity contribution is -0.143. The van der Waals surface area contributed by atoms with Gasteiger partial charge in [-0.2, -0.15) is 0 Å². The highest BCUT2D eigenvalue weighted by atomic mass is 35.5. The number of piperidine rings is 1. The molecule has 0 aromatic heterocycles. The molecule has 1 aromatic carbocycles. The zero-order valence-electron chi connectivity index (χ0n) is 11.4. The van der Waals surface area contributed by atoms with Crippen molar-refractivity contribution in [1.29, 1.82) is 0 Å². The number of hydrogen-bond acceptors (Lipinski definition) is 3. The van der Waals surface area contributed by atoms with Crippen molar-refractivity contribution in [3.63, 3.8) is 0 Å². The second kappa shape index (κ2) is 6.54. The summed E-state index contributed by atoms with van der Waals surface area (Å²) in [6.07, 6.45) is 1.25. The number of carboxylic acid groups (broad SMARTS) is 1. The van der Waals surface area contributed by atoms with Gasteiger partial charge in [0.1, 0.15) is 0 Å². The number of likely N-dealkylation sites (tertiary alicyclic amines) is 1. The second-order valence-corrected chi connectivity index (χ2v) is 5.72. The van der Waals surface area contributed by atoms with E-state index in [0.29, 0.717) is 30.7 Å². The number of carbonyl (C=O) groups is 2. The van der Waals surface area contributed by atoms with Crippen molar-refractivity contribution < 1.29 is 19.4 Å². The minimum atomic E-state index is -0.877. The van der Waals surface area contributed by atoms with Crippen molar-refractivity contribution in [2.75, 3.05) is 20.2 Å². The molecular weight excluding hydrogens is 317 g/mol. The van der Waals surface area contributed by atoms with Gasteiger partial charge in [-0.15, -0.1) is 0 Å². The van der Waals surface area contributed by atoms with E-state index in [1.54, 1.807) is 0 Å². The Morgan fingerprint density at radius 3 is 2.48 bits per heavy atom. The maximum absolute atomic E-state index is 12.4. The SMILES string of the molecule is COc1c(Cl)cc(C(=O)N2CCC[C@H](C(=O)O)C2)cc1Cl. The fraction of sp³-hybridized carbons (Fsp3) is 0.429. The first-order chi connectivity index (χ1) is 9.93. The monoisotopic (exact) mass is 331 g/mol. The summed E-state index contributed by atoms with van der Waals surface area (Å²) >= 11 is 12.0. The van der Waals surface area contributed by atoms with E-state index >= 15 is 0 Å². The average molecular weight is 332 g/mol. The van der Waals surface area contributed by atoms with Gasteiger partial charge in [0, 0.05) is 18.7 Å². The van der Waals surface area contributed by atoms with E-state index in [2.05, 4.69) is 0 Å². The van der Waals surface area contributed by atoms with Crippen molar-refractivity contribution in [1.82, 2.24) is 4.90 Å². The lowest BCUT2D eigenvalue weighted by Crippen LogP contribution is -2.42. The van der Waals surface area contributed by atoms with Gasteiger partial charge in [-0.05, 0) is 25.0 Å². The molecule has 1 fully saturated rings. The Bertz CT molecular complexity index is 553. The molecule has 0 unspecified atom stereocenters. The molecule has 0 bridgehead atoms. The summed E-state index contributed by atoms with van der Waals surface area (Å²) < 4.78 is 5.04. The van der Waals surface area contributed by atoms with Gasteiger partial charge in [-0.3, -0.25) is 9.59 Å². The van der Waals surface area contributed by atoms with Crippen LogP contribution in [0, 0.1) is 5.92 Å². The lowest BCUT2D eigenvalue weighted by atomic mass is 9.97. The molecule has 0 radical (unpaired) electrons. The number of rotatable bonds is 3. The van der Waals surface area contributed by atoms with Crippen LogP contribution in [0.25, 0.3) is 0 Å². The van der Waals surface area contributed by atoms with Crippen LogP contribution in [0.2, 0.25) is 10.0 Å². The van der Waals surface area contributed by atoms with Crippen molar-refractivity contribution in [3.8, 4) is 5.75 Å². The molecule has 1 amide bonds. The van der Waals surface area contributed by atoms with Crippen molar-refractivity contribution in [2.24, 2.45) is 5.92 Å².